The highest BCUT2D eigenvalue weighted by atomic mass is 16.3. The standard InChI is InChI=1S/C53H33N3O/c1-2-13-39(14-3-1)51-54-52(40-29-27-37(28-30-40)45-20-9-16-35-12-5-7-18-43(35)45)56-53(55-51)41-31-32-47-49(33-41)57-48-22-10-21-46(50(47)48)38-25-23-36(24-26-38)44-19-8-15-34-11-4-6-17-42(34)44/h1-33H. The molecule has 266 valence electrons. The minimum atomic E-state index is 0.587. The van der Waals surface area contributed by atoms with Crippen molar-refractivity contribution in [1.29, 1.82) is 0 Å². The van der Waals surface area contributed by atoms with E-state index in [1.165, 1.54) is 38.2 Å². The van der Waals surface area contributed by atoms with Crippen LogP contribution in [0.1, 0.15) is 0 Å². The Morgan fingerprint density at radius 2 is 0.719 bits per heavy atom. The van der Waals surface area contributed by atoms with Crippen LogP contribution in [-0.4, -0.2) is 15.0 Å². The van der Waals surface area contributed by atoms with Gasteiger partial charge in [-0.05, 0) is 73.1 Å². The minimum absolute atomic E-state index is 0.587. The lowest BCUT2D eigenvalue weighted by molar-refractivity contribution is 0.669. The SMILES string of the molecule is c1ccc(-c2nc(-c3ccc(-c4cccc5ccccc45)cc3)nc(-c3ccc4c(c3)oc3cccc(-c5ccc(-c6cccc7ccccc67)cc5)c34)n2)cc1. The molecule has 2 heterocycles. The summed E-state index contributed by atoms with van der Waals surface area (Å²) in [6.07, 6.45) is 0. The number of rotatable bonds is 6. The maximum absolute atomic E-state index is 6.56. The van der Waals surface area contributed by atoms with E-state index in [9.17, 15) is 0 Å². The van der Waals surface area contributed by atoms with Gasteiger partial charge < -0.3 is 4.42 Å². The van der Waals surface area contributed by atoms with E-state index >= 15 is 0 Å². The fourth-order valence-electron chi connectivity index (χ4n) is 8.14. The fraction of sp³-hybridized carbons (Fsp3) is 0. The third-order valence-electron chi connectivity index (χ3n) is 11.0. The van der Waals surface area contributed by atoms with Gasteiger partial charge in [-0.15, -0.1) is 0 Å². The van der Waals surface area contributed by atoms with Crippen LogP contribution in [0.25, 0.3) is 111 Å². The summed E-state index contributed by atoms with van der Waals surface area (Å²) in [5, 5.41) is 7.07. The molecule has 0 saturated heterocycles. The molecule has 2 aromatic heterocycles. The Morgan fingerprint density at radius 1 is 0.281 bits per heavy atom. The van der Waals surface area contributed by atoms with Crippen LogP contribution in [0.15, 0.2) is 205 Å². The number of fused-ring (bicyclic) bond motifs is 5. The Morgan fingerprint density at radius 3 is 1.33 bits per heavy atom. The average molecular weight is 728 g/mol. The van der Waals surface area contributed by atoms with E-state index in [4.69, 9.17) is 19.4 Å². The second-order valence-corrected chi connectivity index (χ2v) is 14.4. The Kier molecular flexibility index (Phi) is 7.78. The van der Waals surface area contributed by atoms with E-state index in [1.54, 1.807) is 0 Å². The molecule has 0 spiro atoms. The Labute approximate surface area is 329 Å². The zero-order valence-corrected chi connectivity index (χ0v) is 30.8. The van der Waals surface area contributed by atoms with Crippen molar-refractivity contribution in [2.45, 2.75) is 0 Å². The molecule has 9 aromatic carbocycles. The van der Waals surface area contributed by atoms with Crippen LogP contribution in [0, 0.1) is 0 Å². The van der Waals surface area contributed by atoms with Gasteiger partial charge in [0.05, 0.1) is 0 Å². The lowest BCUT2D eigenvalue weighted by Crippen LogP contribution is -2.00. The van der Waals surface area contributed by atoms with Gasteiger partial charge in [0.15, 0.2) is 17.5 Å². The summed E-state index contributed by atoms with van der Waals surface area (Å²) in [5.41, 5.74) is 11.3. The van der Waals surface area contributed by atoms with Crippen molar-refractivity contribution in [3.8, 4) is 67.5 Å². The Hall–Kier alpha value is -7.69. The molecule has 0 unspecified atom stereocenters. The maximum Gasteiger partial charge on any atom is 0.164 e. The first-order chi connectivity index (χ1) is 28.2. The molecular weight excluding hydrogens is 695 g/mol. The molecule has 0 amide bonds. The summed E-state index contributed by atoms with van der Waals surface area (Å²) in [4.78, 5) is 15.1. The molecule has 57 heavy (non-hydrogen) atoms. The van der Waals surface area contributed by atoms with Crippen molar-refractivity contribution < 1.29 is 4.42 Å². The topological polar surface area (TPSA) is 51.8 Å². The van der Waals surface area contributed by atoms with Crippen LogP contribution in [0.5, 0.6) is 0 Å². The molecule has 0 saturated carbocycles. The monoisotopic (exact) mass is 727 g/mol. The molecular formula is C53H33N3O. The summed E-state index contributed by atoms with van der Waals surface area (Å²) in [5.74, 6) is 1.82. The molecule has 0 aliphatic heterocycles. The van der Waals surface area contributed by atoms with Crippen LogP contribution < -0.4 is 0 Å². The van der Waals surface area contributed by atoms with Gasteiger partial charge in [-0.3, -0.25) is 0 Å². The van der Waals surface area contributed by atoms with E-state index < -0.39 is 0 Å². The maximum atomic E-state index is 6.56. The van der Waals surface area contributed by atoms with Crippen LogP contribution in [0.2, 0.25) is 0 Å². The number of furan rings is 1. The van der Waals surface area contributed by atoms with Crippen molar-refractivity contribution >= 4 is 43.5 Å². The van der Waals surface area contributed by atoms with E-state index in [0.717, 1.165) is 55.3 Å². The summed E-state index contributed by atoms with van der Waals surface area (Å²) in [6, 6.07) is 70.0. The van der Waals surface area contributed by atoms with Gasteiger partial charge in [0, 0.05) is 27.5 Å². The van der Waals surface area contributed by atoms with Gasteiger partial charge in [0.25, 0.3) is 0 Å². The Balaban J connectivity index is 0.978. The predicted octanol–water partition coefficient (Wildman–Crippen LogP) is 14.1. The molecule has 0 N–H and O–H groups in total. The van der Waals surface area contributed by atoms with E-state index in [-0.39, 0.29) is 0 Å². The van der Waals surface area contributed by atoms with Gasteiger partial charge in [-0.2, -0.15) is 0 Å². The Bertz CT molecular complexity index is 3270. The van der Waals surface area contributed by atoms with E-state index in [0.29, 0.717) is 17.5 Å². The van der Waals surface area contributed by atoms with Gasteiger partial charge in [0.2, 0.25) is 0 Å². The average Bonchev–Trinajstić information content (AvgIpc) is 3.67. The quantitative estimate of drug-likeness (QED) is 0.171. The van der Waals surface area contributed by atoms with Gasteiger partial charge in [-0.25, -0.2) is 15.0 Å². The van der Waals surface area contributed by atoms with Crippen molar-refractivity contribution in [3.63, 3.8) is 0 Å². The highest BCUT2D eigenvalue weighted by Crippen LogP contribution is 2.39. The highest BCUT2D eigenvalue weighted by Gasteiger charge is 2.17. The molecule has 11 rings (SSSR count). The molecule has 0 bridgehead atoms. The molecule has 0 atom stereocenters. The van der Waals surface area contributed by atoms with Crippen LogP contribution >= 0.6 is 0 Å². The van der Waals surface area contributed by atoms with Crippen molar-refractivity contribution in [3.05, 3.63) is 200 Å². The third-order valence-corrected chi connectivity index (χ3v) is 11.0. The number of hydrogen-bond acceptors (Lipinski definition) is 4. The summed E-state index contributed by atoms with van der Waals surface area (Å²) in [7, 11) is 0. The molecule has 0 aliphatic carbocycles. The summed E-state index contributed by atoms with van der Waals surface area (Å²) in [6.45, 7) is 0. The van der Waals surface area contributed by atoms with Crippen molar-refractivity contribution in [2.24, 2.45) is 0 Å². The molecule has 0 aliphatic rings. The summed E-state index contributed by atoms with van der Waals surface area (Å²) >= 11 is 0. The molecule has 0 fully saturated rings. The number of benzene rings is 9. The first-order valence-electron chi connectivity index (χ1n) is 19.2. The van der Waals surface area contributed by atoms with E-state index in [1.807, 2.05) is 36.4 Å². The first kappa shape index (κ1) is 32.7. The van der Waals surface area contributed by atoms with E-state index in [2.05, 4.69) is 164 Å². The first-order valence-corrected chi connectivity index (χ1v) is 19.2. The van der Waals surface area contributed by atoms with Crippen LogP contribution in [-0.2, 0) is 0 Å². The molecule has 11 aromatic rings. The largest absolute Gasteiger partial charge is 0.456 e. The second-order valence-electron chi connectivity index (χ2n) is 14.4. The molecule has 0 radical (unpaired) electrons. The third kappa shape index (κ3) is 5.83. The zero-order chi connectivity index (χ0) is 37.7. The highest BCUT2D eigenvalue weighted by molar-refractivity contribution is 6.13. The van der Waals surface area contributed by atoms with Crippen molar-refractivity contribution in [2.75, 3.05) is 0 Å². The minimum Gasteiger partial charge on any atom is -0.456 e. The van der Waals surface area contributed by atoms with Gasteiger partial charge >= 0.3 is 0 Å². The smallest absolute Gasteiger partial charge is 0.164 e. The van der Waals surface area contributed by atoms with Gasteiger partial charge in [-0.1, -0.05) is 182 Å². The lowest BCUT2D eigenvalue weighted by Gasteiger charge is -2.10. The zero-order valence-electron chi connectivity index (χ0n) is 30.8. The van der Waals surface area contributed by atoms with Gasteiger partial charge in [0.1, 0.15) is 11.2 Å². The summed E-state index contributed by atoms with van der Waals surface area (Å²) < 4.78 is 6.56. The van der Waals surface area contributed by atoms with Crippen molar-refractivity contribution in [1.82, 2.24) is 15.0 Å². The normalized spacial score (nSPS) is 11.5. The fourth-order valence-corrected chi connectivity index (χ4v) is 8.14. The number of nitrogens with zero attached hydrogens (tertiary/aromatic N) is 3. The number of hydrogen-bond donors (Lipinski definition) is 0. The van der Waals surface area contributed by atoms with Crippen LogP contribution in [0.4, 0.5) is 0 Å². The second kappa shape index (κ2) is 13.6. The molecule has 4 heteroatoms. The number of aromatic nitrogens is 3. The lowest BCUT2D eigenvalue weighted by atomic mass is 9.94. The molecule has 4 nitrogen and oxygen atoms in total. The predicted molar refractivity (Wildman–Crippen MR) is 235 cm³/mol. The van der Waals surface area contributed by atoms with Crippen LogP contribution in [0.3, 0.4) is 0 Å².